The number of alkyl halides is 3. The number of aliphatic carboxylic acids is 1. The highest BCUT2D eigenvalue weighted by molar-refractivity contribution is 7.89. The smallest absolute Gasteiger partial charge is 0.422 e. The fourth-order valence-corrected chi connectivity index (χ4v) is 5.49. The van der Waals surface area contributed by atoms with Crippen LogP contribution in [0.15, 0.2) is 77.7 Å². The van der Waals surface area contributed by atoms with Gasteiger partial charge in [0, 0.05) is 6.54 Å². The van der Waals surface area contributed by atoms with Crippen LogP contribution in [-0.2, 0) is 21.2 Å². The van der Waals surface area contributed by atoms with Gasteiger partial charge in [0.05, 0.1) is 4.90 Å². The summed E-state index contributed by atoms with van der Waals surface area (Å²) in [6.07, 6.45) is -4.03. The topological polar surface area (TPSA) is 83.9 Å². The maximum Gasteiger partial charge on any atom is 0.422 e. The molecule has 3 aromatic rings. The molecular formula is C24H20F3NO5S. The molecule has 0 aromatic heterocycles. The average molecular weight is 491 g/mol. The van der Waals surface area contributed by atoms with E-state index < -0.39 is 34.8 Å². The van der Waals surface area contributed by atoms with Crippen molar-refractivity contribution in [3.63, 3.8) is 0 Å². The molecule has 10 heteroatoms. The predicted molar refractivity (Wildman–Crippen MR) is 118 cm³/mol. The molecule has 0 aliphatic carbocycles. The molecule has 0 unspecified atom stereocenters. The normalized spacial score (nSPS) is 16.6. The quantitative estimate of drug-likeness (QED) is 0.542. The summed E-state index contributed by atoms with van der Waals surface area (Å²) in [5.41, 5.74) is 2.55. The summed E-state index contributed by atoms with van der Waals surface area (Å²) in [6, 6.07) is 17.4. The van der Waals surface area contributed by atoms with Crippen molar-refractivity contribution >= 4 is 16.0 Å². The van der Waals surface area contributed by atoms with Crippen LogP contribution in [0.3, 0.4) is 0 Å². The molecule has 6 nitrogen and oxygen atoms in total. The highest BCUT2D eigenvalue weighted by atomic mass is 32.2. The van der Waals surface area contributed by atoms with Crippen LogP contribution >= 0.6 is 0 Å². The maximum absolute atomic E-state index is 13.3. The first-order valence-corrected chi connectivity index (χ1v) is 11.7. The number of benzene rings is 3. The summed E-state index contributed by atoms with van der Waals surface area (Å²) in [6.45, 7) is -1.35. The van der Waals surface area contributed by atoms with E-state index >= 15 is 0 Å². The number of nitrogens with zero attached hydrogens (tertiary/aromatic N) is 1. The lowest BCUT2D eigenvalue weighted by molar-refractivity contribution is -0.153. The predicted octanol–water partition coefficient (Wildman–Crippen LogP) is 4.67. The molecule has 1 aliphatic rings. The monoisotopic (exact) mass is 491 g/mol. The molecule has 178 valence electrons. The van der Waals surface area contributed by atoms with Crippen molar-refractivity contribution in [3.05, 3.63) is 83.9 Å². The van der Waals surface area contributed by atoms with Crippen LogP contribution < -0.4 is 4.74 Å². The van der Waals surface area contributed by atoms with Crippen molar-refractivity contribution in [1.82, 2.24) is 4.31 Å². The number of hydrogen-bond acceptors (Lipinski definition) is 4. The number of hydrogen-bond donors (Lipinski definition) is 1. The molecule has 0 saturated heterocycles. The molecule has 1 atom stereocenters. The molecule has 1 heterocycles. The molecule has 0 spiro atoms. The molecular weight excluding hydrogens is 471 g/mol. The van der Waals surface area contributed by atoms with E-state index in [1.165, 1.54) is 24.3 Å². The summed E-state index contributed by atoms with van der Waals surface area (Å²) in [7, 11) is -4.10. The Balaban J connectivity index is 1.56. The fraction of sp³-hybridized carbons (Fsp3) is 0.208. The molecule has 0 radical (unpaired) electrons. The standard InChI is InChI=1S/C24H20F3NO5S/c25-24(26,27)15-33-19-9-5-16(6-10-19)17-7-11-20(12-8-17)34(31,32)28-14-13-18-3-1-2-4-21(18)22(28)23(29)30/h1-12,22H,13-15H2,(H,29,30)/t22-/m1/s1. The third kappa shape index (κ3) is 4.92. The molecule has 0 amide bonds. The van der Waals surface area contributed by atoms with Gasteiger partial charge in [-0.2, -0.15) is 17.5 Å². The van der Waals surface area contributed by atoms with Gasteiger partial charge in [-0.15, -0.1) is 0 Å². The Kier molecular flexibility index (Phi) is 6.37. The van der Waals surface area contributed by atoms with Crippen molar-refractivity contribution in [2.24, 2.45) is 0 Å². The van der Waals surface area contributed by atoms with Crippen LogP contribution in [0.4, 0.5) is 13.2 Å². The lowest BCUT2D eigenvalue weighted by atomic mass is 9.94. The second-order valence-corrected chi connectivity index (χ2v) is 9.65. The van der Waals surface area contributed by atoms with Crippen LogP contribution in [0.5, 0.6) is 5.75 Å². The molecule has 0 fully saturated rings. The van der Waals surface area contributed by atoms with E-state index in [0.717, 1.165) is 9.87 Å². The number of halogens is 3. The lowest BCUT2D eigenvalue weighted by Crippen LogP contribution is -2.43. The van der Waals surface area contributed by atoms with Gasteiger partial charge in [0.25, 0.3) is 0 Å². The molecule has 1 N–H and O–H groups in total. The van der Waals surface area contributed by atoms with Crippen molar-refractivity contribution in [2.75, 3.05) is 13.2 Å². The Morgan fingerprint density at radius 3 is 2.15 bits per heavy atom. The highest BCUT2D eigenvalue weighted by Gasteiger charge is 2.40. The summed E-state index contributed by atoms with van der Waals surface area (Å²) in [5.74, 6) is -1.19. The van der Waals surface area contributed by atoms with Gasteiger partial charge >= 0.3 is 12.1 Å². The van der Waals surface area contributed by atoms with Crippen LogP contribution in [0, 0.1) is 0 Å². The molecule has 1 aliphatic heterocycles. The minimum Gasteiger partial charge on any atom is -0.484 e. The van der Waals surface area contributed by atoms with E-state index in [2.05, 4.69) is 4.74 Å². The summed E-state index contributed by atoms with van der Waals surface area (Å²) in [5, 5.41) is 9.78. The Morgan fingerprint density at radius 1 is 0.971 bits per heavy atom. The van der Waals surface area contributed by atoms with Gasteiger partial charge in [-0.25, -0.2) is 8.42 Å². The Hall–Kier alpha value is -3.37. The number of carboxylic acids is 1. The van der Waals surface area contributed by atoms with E-state index in [9.17, 15) is 31.5 Å². The van der Waals surface area contributed by atoms with E-state index in [0.29, 0.717) is 23.1 Å². The molecule has 3 aromatic carbocycles. The minimum absolute atomic E-state index is 0.0391. The van der Waals surface area contributed by atoms with Crippen LogP contribution in [0.25, 0.3) is 11.1 Å². The molecule has 0 bridgehead atoms. The highest BCUT2D eigenvalue weighted by Crippen LogP contribution is 2.35. The van der Waals surface area contributed by atoms with Gasteiger partial charge in [0.15, 0.2) is 6.61 Å². The summed E-state index contributed by atoms with van der Waals surface area (Å²) >= 11 is 0. The van der Waals surface area contributed by atoms with Gasteiger partial charge in [0.1, 0.15) is 11.8 Å². The van der Waals surface area contributed by atoms with Gasteiger partial charge in [0.2, 0.25) is 10.0 Å². The zero-order valence-electron chi connectivity index (χ0n) is 17.7. The van der Waals surface area contributed by atoms with E-state index in [1.807, 2.05) is 0 Å². The average Bonchev–Trinajstić information content (AvgIpc) is 2.82. The van der Waals surface area contributed by atoms with Gasteiger partial charge in [-0.05, 0) is 52.9 Å². The van der Waals surface area contributed by atoms with Gasteiger partial charge in [-0.1, -0.05) is 48.5 Å². The first-order chi connectivity index (χ1) is 16.1. The van der Waals surface area contributed by atoms with Crippen molar-refractivity contribution in [3.8, 4) is 16.9 Å². The van der Waals surface area contributed by atoms with E-state index in [4.69, 9.17) is 0 Å². The van der Waals surface area contributed by atoms with Crippen molar-refractivity contribution in [2.45, 2.75) is 23.5 Å². The SMILES string of the molecule is O=C(O)[C@H]1c2ccccc2CCN1S(=O)(=O)c1ccc(-c2ccc(OCC(F)(F)F)cc2)cc1. The third-order valence-electron chi connectivity index (χ3n) is 5.52. The first kappa shape index (κ1) is 23.8. The number of rotatable bonds is 6. The fourth-order valence-electron chi connectivity index (χ4n) is 3.92. The maximum atomic E-state index is 13.3. The number of carboxylic acid groups (broad SMARTS) is 1. The molecule has 34 heavy (non-hydrogen) atoms. The largest absolute Gasteiger partial charge is 0.484 e. The molecule has 0 saturated carbocycles. The zero-order valence-corrected chi connectivity index (χ0v) is 18.5. The number of sulfonamides is 1. The Morgan fingerprint density at radius 2 is 1.56 bits per heavy atom. The zero-order chi connectivity index (χ0) is 24.5. The second-order valence-electron chi connectivity index (χ2n) is 7.76. The third-order valence-corrected chi connectivity index (χ3v) is 7.40. The summed E-state index contributed by atoms with van der Waals surface area (Å²) < 4.78 is 69.2. The van der Waals surface area contributed by atoms with Crippen molar-refractivity contribution < 1.29 is 36.2 Å². The van der Waals surface area contributed by atoms with E-state index in [1.54, 1.807) is 48.5 Å². The van der Waals surface area contributed by atoms with Gasteiger partial charge < -0.3 is 9.84 Å². The van der Waals surface area contributed by atoms with Gasteiger partial charge in [-0.3, -0.25) is 4.79 Å². The Labute approximate surface area is 194 Å². The lowest BCUT2D eigenvalue weighted by Gasteiger charge is -2.33. The number of fused-ring (bicyclic) bond motifs is 1. The van der Waals surface area contributed by atoms with Crippen molar-refractivity contribution in [1.29, 1.82) is 0 Å². The molecule has 4 rings (SSSR count). The minimum atomic E-state index is -4.43. The first-order valence-electron chi connectivity index (χ1n) is 10.3. The summed E-state index contributed by atoms with van der Waals surface area (Å²) in [4.78, 5) is 11.9. The van der Waals surface area contributed by atoms with E-state index in [-0.39, 0.29) is 17.2 Å². The second kappa shape index (κ2) is 9.11. The Bertz CT molecular complexity index is 1290. The number of ether oxygens (including phenoxy) is 1. The van der Waals surface area contributed by atoms with Crippen LogP contribution in [0.1, 0.15) is 17.2 Å². The number of carbonyl (C=O) groups is 1. The van der Waals surface area contributed by atoms with Crippen LogP contribution in [0.2, 0.25) is 0 Å². The van der Waals surface area contributed by atoms with Crippen LogP contribution in [-0.4, -0.2) is 43.1 Å².